The van der Waals surface area contributed by atoms with Gasteiger partial charge in [0.2, 0.25) is 0 Å². The minimum atomic E-state index is -0.170. The molecule has 0 aromatic carbocycles. The fourth-order valence-electron chi connectivity index (χ4n) is 1.72. The van der Waals surface area contributed by atoms with Crippen LogP contribution in [0.4, 0.5) is 0 Å². The van der Waals surface area contributed by atoms with Crippen LogP contribution in [0.5, 0.6) is 5.75 Å². The van der Waals surface area contributed by atoms with Gasteiger partial charge in [0.1, 0.15) is 5.75 Å². The van der Waals surface area contributed by atoms with Gasteiger partial charge in [0, 0.05) is 18.8 Å². The summed E-state index contributed by atoms with van der Waals surface area (Å²) in [6.45, 7) is 11.8. The normalized spacial score (nSPS) is 10.5. The standard InChI is InChI=1S/C16H25N3O2/c1-5-8-18-16(20)11-21-15-7-6-13(4)19-14(15)10-17-9-12(2)3/h5-7,12,17H,1,8-11H2,2-4H3,(H,18,20). The molecule has 0 aliphatic carbocycles. The highest BCUT2D eigenvalue weighted by Crippen LogP contribution is 2.16. The van der Waals surface area contributed by atoms with Gasteiger partial charge in [-0.15, -0.1) is 6.58 Å². The minimum absolute atomic E-state index is 0.0181. The molecule has 2 N–H and O–H groups in total. The van der Waals surface area contributed by atoms with E-state index in [9.17, 15) is 4.79 Å². The molecule has 0 atom stereocenters. The Morgan fingerprint density at radius 1 is 1.48 bits per heavy atom. The lowest BCUT2D eigenvalue weighted by Crippen LogP contribution is -2.29. The highest BCUT2D eigenvalue weighted by Gasteiger charge is 2.08. The number of hydrogen-bond acceptors (Lipinski definition) is 4. The highest BCUT2D eigenvalue weighted by atomic mass is 16.5. The molecule has 1 aromatic rings. The molecule has 1 amide bonds. The van der Waals surface area contributed by atoms with Gasteiger partial charge in [0.05, 0.1) is 5.69 Å². The Morgan fingerprint density at radius 2 is 2.24 bits per heavy atom. The Hall–Kier alpha value is -1.88. The first-order valence-corrected chi connectivity index (χ1v) is 7.20. The first-order valence-electron chi connectivity index (χ1n) is 7.20. The second-order valence-corrected chi connectivity index (χ2v) is 5.30. The van der Waals surface area contributed by atoms with Gasteiger partial charge in [-0.05, 0) is 31.5 Å². The molecule has 5 nitrogen and oxygen atoms in total. The van der Waals surface area contributed by atoms with Gasteiger partial charge in [0.15, 0.2) is 6.61 Å². The van der Waals surface area contributed by atoms with Crippen molar-refractivity contribution in [2.75, 3.05) is 19.7 Å². The Balaban J connectivity index is 2.59. The highest BCUT2D eigenvalue weighted by molar-refractivity contribution is 5.77. The van der Waals surface area contributed by atoms with E-state index in [1.54, 1.807) is 6.08 Å². The Kier molecular flexibility index (Phi) is 7.46. The predicted molar refractivity (Wildman–Crippen MR) is 84.2 cm³/mol. The van der Waals surface area contributed by atoms with Crippen molar-refractivity contribution < 1.29 is 9.53 Å². The third-order valence-corrected chi connectivity index (χ3v) is 2.72. The summed E-state index contributed by atoms with van der Waals surface area (Å²) in [5.41, 5.74) is 1.76. The second kappa shape index (κ2) is 9.13. The number of hydrogen-bond donors (Lipinski definition) is 2. The van der Waals surface area contributed by atoms with Crippen LogP contribution in [0.25, 0.3) is 0 Å². The number of ether oxygens (including phenoxy) is 1. The van der Waals surface area contributed by atoms with E-state index in [1.165, 1.54) is 0 Å². The van der Waals surface area contributed by atoms with E-state index in [0.717, 1.165) is 17.9 Å². The van der Waals surface area contributed by atoms with Gasteiger partial charge < -0.3 is 15.4 Å². The molecule has 0 saturated heterocycles. The Labute approximate surface area is 126 Å². The summed E-state index contributed by atoms with van der Waals surface area (Å²) in [4.78, 5) is 16.0. The molecule has 1 aromatic heterocycles. The third-order valence-electron chi connectivity index (χ3n) is 2.72. The Morgan fingerprint density at radius 3 is 2.90 bits per heavy atom. The largest absolute Gasteiger partial charge is 0.482 e. The summed E-state index contributed by atoms with van der Waals surface area (Å²) in [7, 11) is 0. The van der Waals surface area contributed by atoms with Crippen LogP contribution in [0.15, 0.2) is 24.8 Å². The van der Waals surface area contributed by atoms with Crippen LogP contribution in [0.1, 0.15) is 25.2 Å². The van der Waals surface area contributed by atoms with E-state index >= 15 is 0 Å². The molecule has 5 heteroatoms. The lowest BCUT2D eigenvalue weighted by molar-refractivity contribution is -0.122. The molecule has 0 fully saturated rings. The number of aromatic nitrogens is 1. The number of nitrogens with one attached hydrogen (secondary N) is 2. The van der Waals surface area contributed by atoms with E-state index in [4.69, 9.17) is 4.74 Å². The van der Waals surface area contributed by atoms with Gasteiger partial charge in [0.25, 0.3) is 5.91 Å². The molecule has 21 heavy (non-hydrogen) atoms. The molecular weight excluding hydrogens is 266 g/mol. The maximum Gasteiger partial charge on any atom is 0.258 e. The molecular formula is C16H25N3O2. The molecule has 0 unspecified atom stereocenters. The monoisotopic (exact) mass is 291 g/mol. The zero-order valence-corrected chi connectivity index (χ0v) is 13.1. The van der Waals surface area contributed by atoms with Crippen molar-refractivity contribution in [1.29, 1.82) is 0 Å². The summed E-state index contributed by atoms with van der Waals surface area (Å²) in [6, 6.07) is 3.73. The zero-order valence-electron chi connectivity index (χ0n) is 13.1. The smallest absolute Gasteiger partial charge is 0.258 e. The van der Waals surface area contributed by atoms with Crippen molar-refractivity contribution in [2.24, 2.45) is 5.92 Å². The lowest BCUT2D eigenvalue weighted by Gasteiger charge is -2.13. The summed E-state index contributed by atoms with van der Waals surface area (Å²) in [6.07, 6.45) is 1.63. The van der Waals surface area contributed by atoms with Crippen LogP contribution < -0.4 is 15.4 Å². The van der Waals surface area contributed by atoms with E-state index in [2.05, 4.69) is 36.0 Å². The topological polar surface area (TPSA) is 63.2 Å². The number of pyridine rings is 1. The van der Waals surface area contributed by atoms with E-state index in [-0.39, 0.29) is 12.5 Å². The first kappa shape index (κ1) is 17.2. The van der Waals surface area contributed by atoms with E-state index in [1.807, 2.05) is 19.1 Å². The minimum Gasteiger partial charge on any atom is -0.482 e. The van der Waals surface area contributed by atoms with Crippen molar-refractivity contribution >= 4 is 5.91 Å². The molecule has 0 aliphatic rings. The summed E-state index contributed by atoms with van der Waals surface area (Å²) in [5.74, 6) is 1.05. The van der Waals surface area contributed by atoms with Crippen LogP contribution in [0.2, 0.25) is 0 Å². The fourth-order valence-corrected chi connectivity index (χ4v) is 1.72. The maximum atomic E-state index is 11.5. The molecule has 0 radical (unpaired) electrons. The van der Waals surface area contributed by atoms with Crippen LogP contribution in [0.3, 0.4) is 0 Å². The van der Waals surface area contributed by atoms with E-state index < -0.39 is 0 Å². The molecule has 0 aliphatic heterocycles. The fraction of sp³-hybridized carbons (Fsp3) is 0.500. The number of nitrogens with zero attached hydrogens (tertiary/aromatic N) is 1. The zero-order chi connectivity index (χ0) is 15.7. The van der Waals surface area contributed by atoms with Crippen molar-refractivity contribution in [3.05, 3.63) is 36.2 Å². The molecule has 0 bridgehead atoms. The molecule has 0 saturated carbocycles. The first-order chi connectivity index (χ1) is 10.0. The maximum absolute atomic E-state index is 11.5. The summed E-state index contributed by atoms with van der Waals surface area (Å²) in [5, 5.41) is 6.01. The van der Waals surface area contributed by atoms with Crippen molar-refractivity contribution in [3.63, 3.8) is 0 Å². The van der Waals surface area contributed by atoms with Gasteiger partial charge >= 0.3 is 0 Å². The van der Waals surface area contributed by atoms with Gasteiger partial charge in [-0.25, -0.2) is 0 Å². The third kappa shape index (κ3) is 6.90. The average Bonchev–Trinajstić information content (AvgIpc) is 2.43. The molecule has 116 valence electrons. The van der Waals surface area contributed by atoms with Crippen molar-refractivity contribution in [2.45, 2.75) is 27.3 Å². The van der Waals surface area contributed by atoms with Crippen molar-refractivity contribution in [3.8, 4) is 5.75 Å². The second-order valence-electron chi connectivity index (χ2n) is 5.30. The number of rotatable bonds is 9. The number of amides is 1. The molecule has 0 spiro atoms. The number of aryl methyl sites for hydroxylation is 1. The lowest BCUT2D eigenvalue weighted by atomic mass is 10.2. The van der Waals surface area contributed by atoms with Crippen LogP contribution in [-0.4, -0.2) is 30.6 Å². The number of carbonyl (C=O) groups is 1. The Bertz CT molecular complexity index is 473. The summed E-state index contributed by atoms with van der Waals surface area (Å²) < 4.78 is 5.56. The van der Waals surface area contributed by atoms with Gasteiger partial charge in [-0.1, -0.05) is 19.9 Å². The van der Waals surface area contributed by atoms with E-state index in [0.29, 0.717) is 24.8 Å². The van der Waals surface area contributed by atoms with Crippen LogP contribution in [0, 0.1) is 12.8 Å². The van der Waals surface area contributed by atoms with Crippen molar-refractivity contribution in [1.82, 2.24) is 15.6 Å². The van der Waals surface area contributed by atoms with Gasteiger partial charge in [-0.3, -0.25) is 9.78 Å². The molecule has 1 heterocycles. The molecule has 1 rings (SSSR count). The van der Waals surface area contributed by atoms with Crippen LogP contribution in [-0.2, 0) is 11.3 Å². The average molecular weight is 291 g/mol. The van der Waals surface area contributed by atoms with Gasteiger partial charge in [-0.2, -0.15) is 0 Å². The SMILES string of the molecule is C=CCNC(=O)COc1ccc(C)nc1CNCC(C)C. The van der Waals surface area contributed by atoms with Crippen LogP contribution >= 0.6 is 0 Å². The summed E-state index contributed by atoms with van der Waals surface area (Å²) >= 11 is 0. The quantitative estimate of drug-likeness (QED) is 0.681. The predicted octanol–water partition coefficient (Wildman–Crippen LogP) is 1.82. The number of carbonyl (C=O) groups excluding carboxylic acids is 1.